The summed E-state index contributed by atoms with van der Waals surface area (Å²) in [6, 6.07) is 16.0. The standard InChI is InChI=1S/C23H30N2O5S2/c1-2-30-20-8-10-21(11-9-20)32(28,29)23-18-31(26,27)17-22(23)25-14-12-24(13-15-25)16-19-6-4-3-5-7-19/h3-11,22-23H,2,12-18H2,1H3/t22-,23-/m1/s1. The summed E-state index contributed by atoms with van der Waals surface area (Å²) in [4.78, 5) is 4.53. The summed E-state index contributed by atoms with van der Waals surface area (Å²) in [5, 5.41) is -0.953. The van der Waals surface area contributed by atoms with Gasteiger partial charge in [0.15, 0.2) is 19.7 Å². The van der Waals surface area contributed by atoms with Crippen LogP contribution in [0.1, 0.15) is 12.5 Å². The van der Waals surface area contributed by atoms with E-state index in [4.69, 9.17) is 4.74 Å². The first-order chi connectivity index (χ1) is 15.3. The Balaban J connectivity index is 1.48. The Morgan fingerprint density at radius 3 is 2.22 bits per heavy atom. The number of hydrogen-bond acceptors (Lipinski definition) is 7. The van der Waals surface area contributed by atoms with E-state index >= 15 is 0 Å². The van der Waals surface area contributed by atoms with Crippen LogP contribution in [0.3, 0.4) is 0 Å². The summed E-state index contributed by atoms with van der Waals surface area (Å²) < 4.78 is 57.2. The molecule has 0 aromatic heterocycles. The highest BCUT2D eigenvalue weighted by atomic mass is 32.2. The van der Waals surface area contributed by atoms with Gasteiger partial charge in [0.1, 0.15) is 5.75 Å². The Labute approximate surface area is 190 Å². The largest absolute Gasteiger partial charge is 0.494 e. The second kappa shape index (κ2) is 9.51. The molecular formula is C23H30N2O5S2. The van der Waals surface area contributed by atoms with E-state index in [9.17, 15) is 16.8 Å². The number of rotatable bonds is 7. The molecule has 0 radical (unpaired) electrons. The monoisotopic (exact) mass is 478 g/mol. The number of piperazine rings is 1. The van der Waals surface area contributed by atoms with E-state index in [0.717, 1.165) is 19.6 Å². The SMILES string of the molecule is CCOc1ccc(S(=O)(=O)[C@@H]2CS(=O)(=O)C[C@H]2N2CCN(Cc3ccccc3)CC2)cc1. The molecule has 0 bridgehead atoms. The lowest BCUT2D eigenvalue weighted by atomic mass is 10.1. The van der Waals surface area contributed by atoms with Crippen LogP contribution < -0.4 is 4.74 Å². The molecule has 0 N–H and O–H groups in total. The molecule has 2 aliphatic heterocycles. The van der Waals surface area contributed by atoms with Crippen LogP contribution in [0.4, 0.5) is 0 Å². The van der Waals surface area contributed by atoms with Crippen molar-refractivity contribution in [1.82, 2.24) is 9.80 Å². The summed E-state index contributed by atoms with van der Waals surface area (Å²) in [6.45, 7) is 6.06. The average Bonchev–Trinajstić information content (AvgIpc) is 3.12. The van der Waals surface area contributed by atoms with Crippen LogP contribution in [-0.4, -0.2) is 82.2 Å². The van der Waals surface area contributed by atoms with Gasteiger partial charge in [-0.2, -0.15) is 0 Å². The molecule has 2 fully saturated rings. The molecule has 0 unspecified atom stereocenters. The van der Waals surface area contributed by atoms with Crippen LogP contribution >= 0.6 is 0 Å². The second-order valence-electron chi connectivity index (χ2n) is 8.43. The first kappa shape index (κ1) is 23.2. The van der Waals surface area contributed by atoms with Crippen molar-refractivity contribution in [3.63, 3.8) is 0 Å². The maximum Gasteiger partial charge on any atom is 0.183 e. The first-order valence-electron chi connectivity index (χ1n) is 11.0. The van der Waals surface area contributed by atoms with E-state index < -0.39 is 31.0 Å². The molecule has 2 aromatic carbocycles. The van der Waals surface area contributed by atoms with Crippen LogP contribution in [0.2, 0.25) is 0 Å². The second-order valence-corrected chi connectivity index (χ2v) is 12.8. The smallest absolute Gasteiger partial charge is 0.183 e. The summed E-state index contributed by atoms with van der Waals surface area (Å²) in [6.07, 6.45) is 0. The Morgan fingerprint density at radius 1 is 0.938 bits per heavy atom. The Kier molecular flexibility index (Phi) is 6.90. The number of ether oxygens (including phenoxy) is 1. The van der Waals surface area contributed by atoms with Crippen molar-refractivity contribution >= 4 is 19.7 Å². The van der Waals surface area contributed by atoms with Crippen molar-refractivity contribution in [2.75, 3.05) is 44.3 Å². The van der Waals surface area contributed by atoms with Gasteiger partial charge in [-0.05, 0) is 36.8 Å². The predicted octanol–water partition coefficient (Wildman–Crippen LogP) is 1.84. The number of benzene rings is 2. The van der Waals surface area contributed by atoms with Crippen molar-refractivity contribution < 1.29 is 21.6 Å². The number of nitrogens with zero attached hydrogens (tertiary/aromatic N) is 2. The van der Waals surface area contributed by atoms with Crippen molar-refractivity contribution in [2.24, 2.45) is 0 Å². The molecule has 2 aromatic rings. The Morgan fingerprint density at radius 2 is 1.59 bits per heavy atom. The lowest BCUT2D eigenvalue weighted by Gasteiger charge is -2.39. The van der Waals surface area contributed by atoms with E-state index in [1.54, 1.807) is 12.1 Å². The molecule has 9 heteroatoms. The van der Waals surface area contributed by atoms with Crippen LogP contribution in [0.25, 0.3) is 0 Å². The third kappa shape index (κ3) is 5.17. The third-order valence-electron chi connectivity index (χ3n) is 6.26. The lowest BCUT2D eigenvalue weighted by Crippen LogP contribution is -2.54. The van der Waals surface area contributed by atoms with Gasteiger partial charge in [0.05, 0.1) is 28.3 Å². The highest BCUT2D eigenvalue weighted by Crippen LogP contribution is 2.30. The van der Waals surface area contributed by atoms with Crippen LogP contribution in [0.15, 0.2) is 59.5 Å². The van der Waals surface area contributed by atoms with Crippen LogP contribution in [-0.2, 0) is 26.2 Å². The molecule has 2 atom stereocenters. The quantitative estimate of drug-likeness (QED) is 0.600. The molecule has 2 heterocycles. The number of hydrogen-bond donors (Lipinski definition) is 0. The Bertz CT molecular complexity index is 1110. The number of sulfone groups is 2. The van der Waals surface area contributed by atoms with Crippen molar-refractivity contribution in [3.05, 3.63) is 60.2 Å². The molecule has 0 spiro atoms. The molecule has 0 amide bonds. The molecule has 7 nitrogen and oxygen atoms in total. The molecule has 2 aliphatic rings. The third-order valence-corrected chi connectivity index (χ3v) is 10.4. The van der Waals surface area contributed by atoms with Gasteiger partial charge in [0.25, 0.3) is 0 Å². The normalized spacial score (nSPS) is 24.4. The molecule has 32 heavy (non-hydrogen) atoms. The minimum atomic E-state index is -3.79. The fourth-order valence-corrected chi connectivity index (χ4v) is 9.43. The van der Waals surface area contributed by atoms with Crippen LogP contribution in [0.5, 0.6) is 5.75 Å². The van der Waals surface area contributed by atoms with E-state index in [0.29, 0.717) is 25.4 Å². The van der Waals surface area contributed by atoms with Gasteiger partial charge in [-0.15, -0.1) is 0 Å². The van der Waals surface area contributed by atoms with Crippen molar-refractivity contribution in [1.29, 1.82) is 0 Å². The fourth-order valence-electron chi connectivity index (χ4n) is 4.60. The minimum absolute atomic E-state index is 0.105. The van der Waals surface area contributed by atoms with E-state index in [1.165, 1.54) is 17.7 Å². The maximum absolute atomic E-state index is 13.4. The topological polar surface area (TPSA) is 84.0 Å². The fraction of sp³-hybridized carbons (Fsp3) is 0.478. The van der Waals surface area contributed by atoms with Gasteiger partial charge in [0, 0.05) is 38.8 Å². The lowest BCUT2D eigenvalue weighted by molar-refractivity contribution is 0.101. The highest BCUT2D eigenvalue weighted by Gasteiger charge is 2.48. The van der Waals surface area contributed by atoms with Crippen LogP contribution in [0, 0.1) is 0 Å². The van der Waals surface area contributed by atoms with Gasteiger partial charge < -0.3 is 4.74 Å². The molecular weight excluding hydrogens is 448 g/mol. The molecule has 0 saturated carbocycles. The molecule has 0 aliphatic carbocycles. The van der Waals surface area contributed by atoms with Gasteiger partial charge in [0.2, 0.25) is 0 Å². The molecule has 174 valence electrons. The van der Waals surface area contributed by atoms with E-state index in [2.05, 4.69) is 21.9 Å². The zero-order valence-corrected chi connectivity index (χ0v) is 19.9. The zero-order valence-electron chi connectivity index (χ0n) is 18.3. The van der Waals surface area contributed by atoms with Gasteiger partial charge in [-0.1, -0.05) is 30.3 Å². The molecule has 4 rings (SSSR count). The first-order valence-corrected chi connectivity index (χ1v) is 14.3. The van der Waals surface area contributed by atoms with E-state index in [1.807, 2.05) is 25.1 Å². The zero-order chi connectivity index (χ0) is 22.8. The predicted molar refractivity (Wildman–Crippen MR) is 124 cm³/mol. The van der Waals surface area contributed by atoms with Gasteiger partial charge in [-0.3, -0.25) is 9.80 Å². The van der Waals surface area contributed by atoms with Crippen molar-refractivity contribution in [3.8, 4) is 5.75 Å². The van der Waals surface area contributed by atoms with E-state index in [-0.39, 0.29) is 16.4 Å². The summed E-state index contributed by atoms with van der Waals surface area (Å²) >= 11 is 0. The summed E-state index contributed by atoms with van der Waals surface area (Å²) in [5.41, 5.74) is 1.24. The minimum Gasteiger partial charge on any atom is -0.494 e. The summed E-state index contributed by atoms with van der Waals surface area (Å²) in [5.74, 6) is 0.168. The Hall–Kier alpha value is -1.94. The van der Waals surface area contributed by atoms with Crippen molar-refractivity contribution in [2.45, 2.75) is 29.7 Å². The summed E-state index contributed by atoms with van der Waals surface area (Å²) in [7, 11) is -7.22. The average molecular weight is 479 g/mol. The highest BCUT2D eigenvalue weighted by molar-refractivity contribution is 7.96. The molecule has 2 saturated heterocycles. The van der Waals surface area contributed by atoms with Gasteiger partial charge in [-0.25, -0.2) is 16.8 Å². The van der Waals surface area contributed by atoms with Gasteiger partial charge >= 0.3 is 0 Å². The maximum atomic E-state index is 13.4.